The van der Waals surface area contributed by atoms with Crippen LogP contribution in [0, 0.1) is 5.92 Å². The summed E-state index contributed by atoms with van der Waals surface area (Å²) < 4.78 is 0. The molecule has 1 saturated heterocycles. The third-order valence-corrected chi connectivity index (χ3v) is 5.38. The van der Waals surface area contributed by atoms with E-state index < -0.39 is 0 Å². The lowest BCUT2D eigenvalue weighted by Crippen LogP contribution is -2.47. The molecule has 1 fully saturated rings. The minimum atomic E-state index is -0.123. The predicted molar refractivity (Wildman–Crippen MR) is 111 cm³/mol. The molecule has 6 nitrogen and oxygen atoms in total. The molecule has 1 heterocycles. The Bertz CT molecular complexity index is 609. The Morgan fingerprint density at radius 2 is 1.67 bits per heavy atom. The van der Waals surface area contributed by atoms with Gasteiger partial charge in [-0.05, 0) is 64.8 Å². The topological polar surface area (TPSA) is 55.9 Å². The summed E-state index contributed by atoms with van der Waals surface area (Å²) in [6, 6.07) is 7.82. The van der Waals surface area contributed by atoms with Crippen LogP contribution in [0.25, 0.3) is 0 Å². The SMILES string of the molecule is CCN(CC)C(=O)C1CCCN(C(=O)Nc2ccc(N(CC)CC)cc2)C1. The number of anilines is 2. The van der Waals surface area contributed by atoms with E-state index in [1.54, 1.807) is 4.90 Å². The maximum atomic E-state index is 12.7. The zero-order chi connectivity index (χ0) is 19.8. The fourth-order valence-corrected chi connectivity index (χ4v) is 3.70. The van der Waals surface area contributed by atoms with E-state index in [0.717, 1.165) is 50.4 Å². The number of benzene rings is 1. The van der Waals surface area contributed by atoms with Crippen LogP contribution >= 0.6 is 0 Å². The van der Waals surface area contributed by atoms with E-state index in [-0.39, 0.29) is 17.9 Å². The van der Waals surface area contributed by atoms with Crippen molar-refractivity contribution in [3.8, 4) is 0 Å². The van der Waals surface area contributed by atoms with Gasteiger partial charge < -0.3 is 20.0 Å². The number of piperidine rings is 1. The van der Waals surface area contributed by atoms with E-state index in [1.165, 1.54) is 0 Å². The van der Waals surface area contributed by atoms with Gasteiger partial charge in [0.15, 0.2) is 0 Å². The molecule has 1 aromatic carbocycles. The Morgan fingerprint density at radius 3 is 2.22 bits per heavy atom. The van der Waals surface area contributed by atoms with Crippen molar-refractivity contribution in [2.75, 3.05) is 49.5 Å². The van der Waals surface area contributed by atoms with Gasteiger partial charge >= 0.3 is 6.03 Å². The predicted octanol–water partition coefficient (Wildman–Crippen LogP) is 3.65. The van der Waals surface area contributed by atoms with Crippen LogP contribution in [0.4, 0.5) is 16.2 Å². The molecule has 1 aliphatic heterocycles. The van der Waals surface area contributed by atoms with Crippen molar-refractivity contribution in [3.05, 3.63) is 24.3 Å². The Kier molecular flexibility index (Phi) is 7.95. The molecule has 0 saturated carbocycles. The second kappa shape index (κ2) is 10.2. The van der Waals surface area contributed by atoms with E-state index in [2.05, 4.69) is 24.1 Å². The van der Waals surface area contributed by atoms with Crippen molar-refractivity contribution in [2.45, 2.75) is 40.5 Å². The average Bonchev–Trinajstić information content (AvgIpc) is 2.71. The van der Waals surface area contributed by atoms with Gasteiger partial charge in [0.2, 0.25) is 5.91 Å². The van der Waals surface area contributed by atoms with E-state index in [0.29, 0.717) is 13.1 Å². The highest BCUT2D eigenvalue weighted by Gasteiger charge is 2.30. The highest BCUT2D eigenvalue weighted by molar-refractivity contribution is 5.90. The van der Waals surface area contributed by atoms with Crippen LogP contribution in [0.15, 0.2) is 24.3 Å². The molecule has 2 rings (SSSR count). The molecular formula is C21H34N4O2. The molecule has 150 valence electrons. The second-order valence-corrected chi connectivity index (χ2v) is 6.95. The summed E-state index contributed by atoms with van der Waals surface area (Å²) >= 11 is 0. The third kappa shape index (κ3) is 5.37. The van der Waals surface area contributed by atoms with E-state index in [1.807, 2.05) is 43.0 Å². The van der Waals surface area contributed by atoms with Crippen LogP contribution in [-0.4, -0.2) is 61.0 Å². The fourth-order valence-electron chi connectivity index (χ4n) is 3.70. The maximum absolute atomic E-state index is 12.7. The quantitative estimate of drug-likeness (QED) is 0.793. The van der Waals surface area contributed by atoms with Gasteiger partial charge in [0, 0.05) is 50.6 Å². The minimum absolute atomic E-state index is 0.0885. The molecule has 1 N–H and O–H groups in total. The summed E-state index contributed by atoms with van der Waals surface area (Å²) in [4.78, 5) is 31.2. The standard InChI is InChI=1S/C21H34N4O2/c1-5-23(6-2)19-13-11-18(12-14-19)22-21(27)25-15-9-10-17(16-25)20(26)24(7-3)8-4/h11-14,17H,5-10,15-16H2,1-4H3,(H,22,27). The molecular weight excluding hydrogens is 340 g/mol. The number of carbonyl (C=O) groups is 2. The van der Waals surface area contributed by atoms with Crippen molar-refractivity contribution < 1.29 is 9.59 Å². The van der Waals surface area contributed by atoms with E-state index >= 15 is 0 Å². The van der Waals surface area contributed by atoms with Gasteiger partial charge in [0.05, 0.1) is 5.92 Å². The molecule has 3 amide bonds. The number of amides is 3. The first kappa shape index (κ1) is 21.1. The second-order valence-electron chi connectivity index (χ2n) is 6.95. The van der Waals surface area contributed by atoms with Crippen LogP contribution in [0.1, 0.15) is 40.5 Å². The van der Waals surface area contributed by atoms with Crippen LogP contribution in [0.3, 0.4) is 0 Å². The lowest BCUT2D eigenvalue weighted by molar-refractivity contribution is -0.136. The minimum Gasteiger partial charge on any atom is -0.372 e. The van der Waals surface area contributed by atoms with E-state index in [4.69, 9.17) is 0 Å². The maximum Gasteiger partial charge on any atom is 0.321 e. The molecule has 0 bridgehead atoms. The summed E-state index contributed by atoms with van der Waals surface area (Å²) in [5, 5.41) is 2.97. The van der Waals surface area contributed by atoms with Crippen LogP contribution in [0.2, 0.25) is 0 Å². The largest absolute Gasteiger partial charge is 0.372 e. The first-order chi connectivity index (χ1) is 13.0. The molecule has 0 aromatic heterocycles. The smallest absolute Gasteiger partial charge is 0.321 e. The van der Waals surface area contributed by atoms with Crippen LogP contribution in [0.5, 0.6) is 0 Å². The Morgan fingerprint density at radius 1 is 1.04 bits per heavy atom. The third-order valence-electron chi connectivity index (χ3n) is 5.38. The molecule has 27 heavy (non-hydrogen) atoms. The fraction of sp³-hybridized carbons (Fsp3) is 0.619. The lowest BCUT2D eigenvalue weighted by atomic mass is 9.96. The van der Waals surface area contributed by atoms with Gasteiger partial charge in [-0.3, -0.25) is 4.79 Å². The van der Waals surface area contributed by atoms with Crippen molar-refractivity contribution in [1.82, 2.24) is 9.80 Å². The number of nitrogens with zero attached hydrogens (tertiary/aromatic N) is 3. The molecule has 1 aliphatic rings. The van der Waals surface area contributed by atoms with E-state index in [9.17, 15) is 9.59 Å². The van der Waals surface area contributed by atoms with Gasteiger partial charge in [-0.1, -0.05) is 0 Å². The number of hydrogen-bond donors (Lipinski definition) is 1. The van der Waals surface area contributed by atoms with Crippen molar-refractivity contribution >= 4 is 23.3 Å². The molecule has 1 unspecified atom stereocenters. The van der Waals surface area contributed by atoms with Crippen LogP contribution in [-0.2, 0) is 4.79 Å². The van der Waals surface area contributed by atoms with Gasteiger partial charge in [0.1, 0.15) is 0 Å². The first-order valence-corrected chi connectivity index (χ1v) is 10.2. The Labute approximate surface area is 163 Å². The lowest BCUT2D eigenvalue weighted by Gasteiger charge is -2.34. The van der Waals surface area contributed by atoms with Gasteiger partial charge in [-0.2, -0.15) is 0 Å². The molecule has 0 aliphatic carbocycles. The van der Waals surface area contributed by atoms with Gasteiger partial charge in [-0.15, -0.1) is 0 Å². The van der Waals surface area contributed by atoms with Crippen molar-refractivity contribution in [1.29, 1.82) is 0 Å². The monoisotopic (exact) mass is 374 g/mol. The van der Waals surface area contributed by atoms with Gasteiger partial charge in [0.25, 0.3) is 0 Å². The molecule has 1 atom stereocenters. The summed E-state index contributed by atoms with van der Waals surface area (Å²) in [6.07, 6.45) is 1.73. The summed E-state index contributed by atoms with van der Waals surface area (Å²) in [6.45, 7) is 12.8. The number of carbonyl (C=O) groups excluding carboxylic acids is 2. The Balaban J connectivity index is 1.96. The zero-order valence-electron chi connectivity index (χ0n) is 17.2. The Hall–Kier alpha value is -2.24. The zero-order valence-corrected chi connectivity index (χ0v) is 17.2. The number of nitrogens with one attached hydrogen (secondary N) is 1. The molecule has 6 heteroatoms. The van der Waals surface area contributed by atoms with Crippen molar-refractivity contribution in [2.24, 2.45) is 5.92 Å². The number of likely N-dealkylation sites (tertiary alicyclic amines) is 1. The number of urea groups is 1. The summed E-state index contributed by atoms with van der Waals surface area (Å²) in [5.74, 6) is 0.0792. The normalized spacial score (nSPS) is 16.7. The molecule has 1 aromatic rings. The van der Waals surface area contributed by atoms with Gasteiger partial charge in [-0.25, -0.2) is 4.79 Å². The van der Waals surface area contributed by atoms with Crippen LogP contribution < -0.4 is 10.2 Å². The summed E-state index contributed by atoms with van der Waals surface area (Å²) in [7, 11) is 0. The summed E-state index contributed by atoms with van der Waals surface area (Å²) in [5.41, 5.74) is 1.94. The number of hydrogen-bond acceptors (Lipinski definition) is 3. The molecule has 0 spiro atoms. The van der Waals surface area contributed by atoms with Crippen molar-refractivity contribution in [3.63, 3.8) is 0 Å². The molecule has 0 radical (unpaired) electrons. The average molecular weight is 375 g/mol. The first-order valence-electron chi connectivity index (χ1n) is 10.2. The highest BCUT2D eigenvalue weighted by atomic mass is 16.2. The highest BCUT2D eigenvalue weighted by Crippen LogP contribution is 2.21. The number of rotatable bonds is 7.